The van der Waals surface area contributed by atoms with Crippen molar-refractivity contribution in [2.24, 2.45) is 10.2 Å². The van der Waals surface area contributed by atoms with Crippen LogP contribution in [0.3, 0.4) is 0 Å². The Bertz CT molecular complexity index is 1150. The van der Waals surface area contributed by atoms with Crippen LogP contribution < -0.4 is 0 Å². The lowest BCUT2D eigenvalue weighted by Gasteiger charge is -2.05. The molecule has 6 heteroatoms. The van der Waals surface area contributed by atoms with Crippen LogP contribution in [-0.2, 0) is 0 Å². The van der Waals surface area contributed by atoms with Crippen molar-refractivity contribution in [2.45, 2.75) is 6.92 Å². The molecule has 30 heavy (non-hydrogen) atoms. The fraction of sp³-hybridized carbons (Fsp3) is 0.0417. The van der Waals surface area contributed by atoms with E-state index in [0.29, 0.717) is 10.2 Å². The average molecular weight is 433 g/mol. The maximum atomic E-state index is 6.58. The molecule has 0 unspecified atom stereocenters. The Balaban J connectivity index is 1.70. The van der Waals surface area contributed by atoms with Gasteiger partial charge in [0.2, 0.25) is 0 Å². The standard InChI is InChI=1S/C24H18Cl2N4/c1-17-22(24(26)30(29-17)21-14-12-20(25)13-15-21)16-27-28-23(18-8-4-2-5-9-18)19-10-6-3-7-11-19/h2-16H,1H3. The molecular weight excluding hydrogens is 415 g/mol. The summed E-state index contributed by atoms with van der Waals surface area (Å²) in [5.41, 5.74) is 5.06. The van der Waals surface area contributed by atoms with Crippen LogP contribution in [-0.4, -0.2) is 21.7 Å². The summed E-state index contributed by atoms with van der Waals surface area (Å²) in [5.74, 6) is 0. The van der Waals surface area contributed by atoms with E-state index >= 15 is 0 Å². The highest BCUT2D eigenvalue weighted by Gasteiger charge is 2.13. The van der Waals surface area contributed by atoms with Gasteiger partial charge in [-0.2, -0.15) is 10.2 Å². The molecule has 0 aliphatic heterocycles. The van der Waals surface area contributed by atoms with Gasteiger partial charge >= 0.3 is 0 Å². The van der Waals surface area contributed by atoms with Gasteiger partial charge in [0.05, 0.1) is 23.2 Å². The molecule has 0 aliphatic carbocycles. The van der Waals surface area contributed by atoms with E-state index in [1.807, 2.05) is 79.7 Å². The Morgan fingerprint density at radius 3 is 1.97 bits per heavy atom. The SMILES string of the molecule is Cc1nn(-c2ccc(Cl)cc2)c(Cl)c1C=NN=C(c1ccccc1)c1ccccc1. The van der Waals surface area contributed by atoms with Crippen LogP contribution >= 0.6 is 23.2 Å². The van der Waals surface area contributed by atoms with E-state index in [0.717, 1.165) is 33.8 Å². The smallest absolute Gasteiger partial charge is 0.142 e. The molecular formula is C24H18Cl2N4. The Labute approximate surface area is 185 Å². The Morgan fingerprint density at radius 1 is 0.833 bits per heavy atom. The van der Waals surface area contributed by atoms with Crippen molar-refractivity contribution in [3.63, 3.8) is 0 Å². The third-order valence-corrected chi connectivity index (χ3v) is 5.17. The van der Waals surface area contributed by atoms with Crippen LogP contribution in [0.15, 0.2) is 95.1 Å². The van der Waals surface area contributed by atoms with E-state index < -0.39 is 0 Å². The highest BCUT2D eigenvalue weighted by Crippen LogP contribution is 2.23. The number of aromatic nitrogens is 2. The summed E-state index contributed by atoms with van der Waals surface area (Å²) in [4.78, 5) is 0. The van der Waals surface area contributed by atoms with Crippen LogP contribution in [0.4, 0.5) is 0 Å². The van der Waals surface area contributed by atoms with E-state index in [9.17, 15) is 0 Å². The molecule has 0 atom stereocenters. The summed E-state index contributed by atoms with van der Waals surface area (Å²) in [7, 11) is 0. The number of hydrogen-bond donors (Lipinski definition) is 0. The summed E-state index contributed by atoms with van der Waals surface area (Å²) in [5, 5.41) is 14.5. The van der Waals surface area contributed by atoms with E-state index in [1.54, 1.807) is 23.0 Å². The minimum Gasteiger partial charge on any atom is -0.221 e. The van der Waals surface area contributed by atoms with Crippen molar-refractivity contribution in [2.75, 3.05) is 0 Å². The van der Waals surface area contributed by atoms with Gasteiger partial charge in [0.25, 0.3) is 0 Å². The highest BCUT2D eigenvalue weighted by molar-refractivity contribution is 6.32. The first-order valence-electron chi connectivity index (χ1n) is 9.36. The maximum Gasteiger partial charge on any atom is 0.142 e. The van der Waals surface area contributed by atoms with E-state index in [-0.39, 0.29) is 0 Å². The molecule has 4 nitrogen and oxygen atoms in total. The minimum absolute atomic E-state index is 0.467. The minimum atomic E-state index is 0.467. The van der Waals surface area contributed by atoms with Crippen LogP contribution in [0.1, 0.15) is 22.4 Å². The molecule has 3 aromatic carbocycles. The second-order valence-corrected chi connectivity index (χ2v) is 7.40. The molecule has 0 aliphatic rings. The van der Waals surface area contributed by atoms with E-state index in [2.05, 4.69) is 15.3 Å². The predicted molar refractivity (Wildman–Crippen MR) is 124 cm³/mol. The summed E-state index contributed by atoms with van der Waals surface area (Å²) < 4.78 is 1.66. The van der Waals surface area contributed by atoms with Gasteiger partial charge in [-0.15, -0.1) is 5.10 Å². The van der Waals surface area contributed by atoms with Gasteiger partial charge in [0, 0.05) is 16.1 Å². The zero-order valence-electron chi connectivity index (χ0n) is 16.2. The molecule has 1 aromatic heterocycles. The van der Waals surface area contributed by atoms with Gasteiger partial charge in [-0.3, -0.25) is 0 Å². The lowest BCUT2D eigenvalue weighted by atomic mass is 10.0. The Hall–Kier alpha value is -3.21. The molecule has 0 N–H and O–H groups in total. The molecule has 0 spiro atoms. The summed E-state index contributed by atoms with van der Waals surface area (Å²) >= 11 is 12.6. The molecule has 0 fully saturated rings. The fourth-order valence-corrected chi connectivity index (χ4v) is 3.48. The van der Waals surface area contributed by atoms with Gasteiger partial charge in [-0.05, 0) is 31.2 Å². The van der Waals surface area contributed by atoms with Crippen LogP contribution in [0, 0.1) is 6.92 Å². The number of nitrogens with zero attached hydrogens (tertiary/aromatic N) is 4. The van der Waals surface area contributed by atoms with Crippen LogP contribution in [0.2, 0.25) is 10.2 Å². The van der Waals surface area contributed by atoms with E-state index in [1.165, 1.54) is 0 Å². The van der Waals surface area contributed by atoms with Crippen LogP contribution in [0.25, 0.3) is 5.69 Å². The van der Waals surface area contributed by atoms with Crippen molar-refractivity contribution in [3.8, 4) is 5.69 Å². The van der Waals surface area contributed by atoms with Crippen molar-refractivity contribution in [1.29, 1.82) is 0 Å². The third kappa shape index (κ3) is 4.35. The summed E-state index contributed by atoms with van der Waals surface area (Å²) in [6.45, 7) is 1.89. The first-order valence-corrected chi connectivity index (χ1v) is 10.1. The molecule has 148 valence electrons. The van der Waals surface area contributed by atoms with Gasteiger partial charge in [0.15, 0.2) is 0 Å². The maximum absolute atomic E-state index is 6.58. The predicted octanol–water partition coefficient (Wildman–Crippen LogP) is 6.36. The average Bonchev–Trinajstić information content (AvgIpc) is 3.06. The molecule has 0 radical (unpaired) electrons. The number of aryl methyl sites for hydroxylation is 1. The topological polar surface area (TPSA) is 42.5 Å². The number of halogens is 2. The molecule has 0 saturated carbocycles. The quantitative estimate of drug-likeness (QED) is 0.267. The zero-order valence-corrected chi connectivity index (χ0v) is 17.7. The number of benzene rings is 3. The summed E-state index contributed by atoms with van der Waals surface area (Å²) in [6, 6.07) is 27.3. The third-order valence-electron chi connectivity index (χ3n) is 4.56. The van der Waals surface area contributed by atoms with Crippen LogP contribution in [0.5, 0.6) is 0 Å². The van der Waals surface area contributed by atoms with Crippen molar-refractivity contribution < 1.29 is 0 Å². The second kappa shape index (κ2) is 9.08. The first kappa shape index (κ1) is 20.1. The molecule has 4 aromatic rings. The monoisotopic (exact) mass is 432 g/mol. The fourth-order valence-electron chi connectivity index (χ4n) is 3.03. The highest BCUT2D eigenvalue weighted by atomic mass is 35.5. The van der Waals surface area contributed by atoms with Gasteiger partial charge in [0.1, 0.15) is 10.9 Å². The van der Waals surface area contributed by atoms with Gasteiger partial charge in [-0.1, -0.05) is 83.9 Å². The normalized spacial score (nSPS) is 11.0. The van der Waals surface area contributed by atoms with Gasteiger partial charge in [-0.25, -0.2) is 4.68 Å². The molecule has 4 rings (SSSR count). The largest absolute Gasteiger partial charge is 0.221 e. The van der Waals surface area contributed by atoms with Crippen molar-refractivity contribution >= 4 is 35.1 Å². The molecule has 0 bridgehead atoms. The zero-order chi connectivity index (χ0) is 20.9. The van der Waals surface area contributed by atoms with Gasteiger partial charge < -0.3 is 0 Å². The summed E-state index contributed by atoms with van der Waals surface area (Å²) in [6.07, 6.45) is 1.64. The Morgan fingerprint density at radius 2 is 1.40 bits per heavy atom. The van der Waals surface area contributed by atoms with Crippen molar-refractivity contribution in [1.82, 2.24) is 9.78 Å². The second-order valence-electron chi connectivity index (χ2n) is 6.60. The molecule has 0 saturated heterocycles. The Kier molecular flexibility index (Phi) is 6.07. The van der Waals surface area contributed by atoms with E-state index in [4.69, 9.17) is 23.2 Å². The lowest BCUT2D eigenvalue weighted by molar-refractivity contribution is 0.863. The number of hydrogen-bond acceptors (Lipinski definition) is 3. The molecule has 1 heterocycles. The lowest BCUT2D eigenvalue weighted by Crippen LogP contribution is -2.02. The van der Waals surface area contributed by atoms with Crippen molar-refractivity contribution in [3.05, 3.63) is 117 Å². The number of rotatable bonds is 5. The first-order chi connectivity index (χ1) is 14.6. The molecule has 0 amide bonds.